The molecule has 1 saturated carbocycles. The molecule has 0 radical (unpaired) electrons. The van der Waals surface area contributed by atoms with E-state index in [1.165, 1.54) is 6.42 Å². The summed E-state index contributed by atoms with van der Waals surface area (Å²) in [6, 6.07) is 0. The first-order valence-corrected chi connectivity index (χ1v) is 5.64. The minimum absolute atomic E-state index is 0.0451. The Morgan fingerprint density at radius 3 is 2.47 bits per heavy atom. The van der Waals surface area contributed by atoms with Crippen molar-refractivity contribution in [2.45, 2.75) is 50.9 Å². The van der Waals surface area contributed by atoms with E-state index in [1.54, 1.807) is 6.26 Å². The summed E-state index contributed by atoms with van der Waals surface area (Å²) in [5.41, 5.74) is 6.95. The average molecular weight is 208 g/mol. The number of hydrogen-bond donors (Lipinski definition) is 1. The largest absolute Gasteiger partial charge is 0.448 e. The lowest BCUT2D eigenvalue weighted by Crippen LogP contribution is -2.41. The Bertz CT molecular complexity index is 339. The summed E-state index contributed by atoms with van der Waals surface area (Å²) in [4.78, 5) is 4.60. The predicted octanol–water partition coefficient (Wildman–Crippen LogP) is 2.35. The van der Waals surface area contributed by atoms with Gasteiger partial charge < -0.3 is 10.2 Å². The van der Waals surface area contributed by atoms with Crippen LogP contribution in [0.15, 0.2) is 10.7 Å². The van der Waals surface area contributed by atoms with E-state index < -0.39 is 0 Å². The molecule has 1 aromatic heterocycles. The van der Waals surface area contributed by atoms with E-state index in [2.05, 4.69) is 25.8 Å². The number of aromatic nitrogens is 1. The second-order valence-electron chi connectivity index (χ2n) is 5.63. The highest BCUT2D eigenvalue weighted by atomic mass is 16.3. The van der Waals surface area contributed by atoms with E-state index in [4.69, 9.17) is 10.2 Å². The molecule has 0 atom stereocenters. The Morgan fingerprint density at radius 1 is 1.47 bits per heavy atom. The van der Waals surface area contributed by atoms with Gasteiger partial charge in [0.25, 0.3) is 0 Å². The van der Waals surface area contributed by atoms with Crippen LogP contribution >= 0.6 is 0 Å². The smallest absolute Gasteiger partial charge is 0.201 e. The Balaban J connectivity index is 2.27. The molecule has 1 aliphatic rings. The zero-order valence-corrected chi connectivity index (χ0v) is 9.84. The SMILES string of the molecule is CC(C)(C)c1coc(C2(CN)CCC2)n1. The highest BCUT2D eigenvalue weighted by Crippen LogP contribution is 2.42. The molecule has 3 heteroatoms. The summed E-state index contributed by atoms with van der Waals surface area (Å²) in [7, 11) is 0. The van der Waals surface area contributed by atoms with Crippen molar-refractivity contribution >= 4 is 0 Å². The highest BCUT2D eigenvalue weighted by molar-refractivity contribution is 5.17. The maximum Gasteiger partial charge on any atom is 0.201 e. The third-order valence-corrected chi connectivity index (χ3v) is 3.43. The molecule has 0 amide bonds. The van der Waals surface area contributed by atoms with Crippen LogP contribution in [0.25, 0.3) is 0 Å². The van der Waals surface area contributed by atoms with Crippen molar-refractivity contribution in [1.29, 1.82) is 0 Å². The van der Waals surface area contributed by atoms with Gasteiger partial charge in [0.05, 0.1) is 11.1 Å². The maximum absolute atomic E-state index is 5.82. The molecular weight excluding hydrogens is 188 g/mol. The van der Waals surface area contributed by atoms with Crippen LogP contribution in [0.5, 0.6) is 0 Å². The third kappa shape index (κ3) is 1.69. The summed E-state index contributed by atoms with van der Waals surface area (Å²) >= 11 is 0. The van der Waals surface area contributed by atoms with Gasteiger partial charge in [0.15, 0.2) is 0 Å². The molecular formula is C12H20N2O. The lowest BCUT2D eigenvalue weighted by atomic mass is 9.68. The Morgan fingerprint density at radius 2 is 2.13 bits per heavy atom. The van der Waals surface area contributed by atoms with Crippen LogP contribution in [0.2, 0.25) is 0 Å². The zero-order valence-electron chi connectivity index (χ0n) is 9.84. The van der Waals surface area contributed by atoms with Crippen LogP contribution in [0, 0.1) is 0 Å². The van der Waals surface area contributed by atoms with Crippen LogP contribution < -0.4 is 5.73 Å². The molecule has 84 valence electrons. The van der Waals surface area contributed by atoms with Crippen molar-refractivity contribution in [3.05, 3.63) is 17.8 Å². The van der Waals surface area contributed by atoms with Gasteiger partial charge in [-0.3, -0.25) is 0 Å². The molecule has 0 saturated heterocycles. The van der Waals surface area contributed by atoms with E-state index in [-0.39, 0.29) is 10.8 Å². The van der Waals surface area contributed by atoms with Crippen molar-refractivity contribution in [3.63, 3.8) is 0 Å². The maximum atomic E-state index is 5.82. The number of nitrogens with zero attached hydrogens (tertiary/aromatic N) is 1. The Kier molecular flexibility index (Phi) is 2.38. The van der Waals surface area contributed by atoms with Crippen molar-refractivity contribution in [2.75, 3.05) is 6.54 Å². The molecule has 1 aliphatic carbocycles. The lowest BCUT2D eigenvalue weighted by molar-refractivity contribution is 0.199. The van der Waals surface area contributed by atoms with Crippen LogP contribution in [-0.2, 0) is 10.8 Å². The van der Waals surface area contributed by atoms with Crippen molar-refractivity contribution in [2.24, 2.45) is 5.73 Å². The van der Waals surface area contributed by atoms with Gasteiger partial charge in [0, 0.05) is 12.0 Å². The quantitative estimate of drug-likeness (QED) is 0.811. The molecule has 2 N–H and O–H groups in total. The van der Waals surface area contributed by atoms with E-state index in [0.29, 0.717) is 6.54 Å². The number of nitrogens with two attached hydrogens (primary N) is 1. The van der Waals surface area contributed by atoms with Gasteiger partial charge in [0.2, 0.25) is 5.89 Å². The molecule has 3 nitrogen and oxygen atoms in total. The van der Waals surface area contributed by atoms with E-state index in [1.807, 2.05) is 0 Å². The van der Waals surface area contributed by atoms with E-state index >= 15 is 0 Å². The molecule has 0 spiro atoms. The van der Waals surface area contributed by atoms with Gasteiger partial charge in [-0.05, 0) is 12.8 Å². The summed E-state index contributed by atoms with van der Waals surface area (Å²) in [5.74, 6) is 0.848. The Hall–Kier alpha value is -0.830. The fourth-order valence-electron chi connectivity index (χ4n) is 1.97. The standard InChI is InChI=1S/C12H20N2O/c1-11(2,3)9-7-15-10(14-9)12(8-13)5-4-6-12/h7H,4-6,8,13H2,1-3H3. The molecule has 15 heavy (non-hydrogen) atoms. The van der Waals surface area contributed by atoms with E-state index in [9.17, 15) is 0 Å². The van der Waals surface area contributed by atoms with Crippen LogP contribution in [0.3, 0.4) is 0 Å². The lowest BCUT2D eigenvalue weighted by Gasteiger charge is -2.37. The summed E-state index contributed by atoms with van der Waals surface area (Å²) in [5, 5.41) is 0. The first kappa shape index (κ1) is 10.7. The molecule has 1 aromatic rings. The molecule has 1 heterocycles. The molecule has 0 aromatic carbocycles. The number of rotatable bonds is 2. The van der Waals surface area contributed by atoms with Gasteiger partial charge in [-0.15, -0.1) is 0 Å². The van der Waals surface area contributed by atoms with Gasteiger partial charge in [-0.25, -0.2) is 4.98 Å². The average Bonchev–Trinajstić information content (AvgIpc) is 2.51. The Labute approximate surface area is 91.1 Å². The number of hydrogen-bond acceptors (Lipinski definition) is 3. The molecule has 0 bridgehead atoms. The van der Waals surface area contributed by atoms with Gasteiger partial charge in [-0.2, -0.15) is 0 Å². The minimum atomic E-state index is 0.0451. The van der Waals surface area contributed by atoms with Crippen LogP contribution in [0.4, 0.5) is 0 Å². The minimum Gasteiger partial charge on any atom is -0.448 e. The first-order chi connectivity index (χ1) is 6.98. The van der Waals surface area contributed by atoms with E-state index in [0.717, 1.165) is 24.4 Å². The molecule has 2 rings (SSSR count). The second kappa shape index (κ2) is 3.34. The predicted molar refractivity (Wildman–Crippen MR) is 59.8 cm³/mol. The van der Waals surface area contributed by atoms with Crippen LogP contribution in [0.1, 0.15) is 51.6 Å². The monoisotopic (exact) mass is 208 g/mol. The van der Waals surface area contributed by atoms with Gasteiger partial charge >= 0.3 is 0 Å². The molecule has 0 unspecified atom stereocenters. The summed E-state index contributed by atoms with van der Waals surface area (Å²) < 4.78 is 5.60. The van der Waals surface area contributed by atoms with Crippen molar-refractivity contribution in [1.82, 2.24) is 4.98 Å². The summed E-state index contributed by atoms with van der Waals surface area (Å²) in [6.45, 7) is 7.08. The highest BCUT2D eigenvalue weighted by Gasteiger charge is 2.42. The normalized spacial score (nSPS) is 20.0. The van der Waals surface area contributed by atoms with Crippen LogP contribution in [-0.4, -0.2) is 11.5 Å². The molecule has 1 fully saturated rings. The zero-order chi connectivity index (χ0) is 11.1. The molecule has 0 aliphatic heterocycles. The van der Waals surface area contributed by atoms with Crippen molar-refractivity contribution < 1.29 is 4.42 Å². The second-order valence-corrected chi connectivity index (χ2v) is 5.63. The van der Waals surface area contributed by atoms with Crippen molar-refractivity contribution in [3.8, 4) is 0 Å². The topological polar surface area (TPSA) is 52.0 Å². The summed E-state index contributed by atoms with van der Waals surface area (Å²) in [6.07, 6.45) is 5.26. The van der Waals surface area contributed by atoms with Gasteiger partial charge in [-0.1, -0.05) is 27.2 Å². The fraction of sp³-hybridized carbons (Fsp3) is 0.750. The van der Waals surface area contributed by atoms with Gasteiger partial charge in [0.1, 0.15) is 6.26 Å². The first-order valence-electron chi connectivity index (χ1n) is 5.64. The fourth-order valence-corrected chi connectivity index (χ4v) is 1.97. The number of oxazole rings is 1. The third-order valence-electron chi connectivity index (χ3n) is 3.43.